The van der Waals surface area contributed by atoms with Crippen LogP contribution in [0.4, 0.5) is 5.69 Å². The summed E-state index contributed by atoms with van der Waals surface area (Å²) in [5, 5.41) is 10.5. The fraction of sp³-hybridized carbons (Fsp3) is 0.227. The predicted octanol–water partition coefficient (Wildman–Crippen LogP) is 2.62. The van der Waals surface area contributed by atoms with Crippen LogP contribution in [-0.4, -0.2) is 43.2 Å². The number of nitrogens with two attached hydrogens (primary N) is 1. The van der Waals surface area contributed by atoms with Crippen molar-refractivity contribution in [2.24, 2.45) is 5.73 Å². The summed E-state index contributed by atoms with van der Waals surface area (Å²) in [6, 6.07) is 11.2. The first-order valence-electron chi connectivity index (χ1n) is 9.78. The summed E-state index contributed by atoms with van der Waals surface area (Å²) >= 11 is 0. The molecule has 1 aromatic carbocycles. The zero-order valence-electron chi connectivity index (χ0n) is 17.0. The van der Waals surface area contributed by atoms with Crippen molar-refractivity contribution in [3.05, 3.63) is 71.6 Å². The van der Waals surface area contributed by atoms with Crippen LogP contribution in [0.25, 0.3) is 5.69 Å². The molecule has 0 aliphatic heterocycles. The van der Waals surface area contributed by atoms with Gasteiger partial charge in [0.15, 0.2) is 0 Å². The molecular weight excluding hydrogens is 378 g/mol. The van der Waals surface area contributed by atoms with E-state index in [-0.39, 0.29) is 5.91 Å². The molecule has 4 N–H and O–H groups in total. The smallest absolute Gasteiger partial charge is 0.274 e. The van der Waals surface area contributed by atoms with Gasteiger partial charge in [-0.1, -0.05) is 6.07 Å². The summed E-state index contributed by atoms with van der Waals surface area (Å²) in [7, 11) is 0. The second kappa shape index (κ2) is 7.90. The van der Waals surface area contributed by atoms with Gasteiger partial charge in [-0.25, -0.2) is 9.56 Å². The molecule has 152 valence electrons. The third kappa shape index (κ3) is 3.84. The molecule has 8 nitrogen and oxygen atoms in total. The fourth-order valence-corrected chi connectivity index (χ4v) is 3.28. The van der Waals surface area contributed by atoms with Crippen LogP contribution in [0.2, 0.25) is 0 Å². The van der Waals surface area contributed by atoms with Crippen molar-refractivity contribution in [2.75, 3.05) is 5.32 Å². The lowest BCUT2D eigenvalue weighted by atomic mass is 10.1. The maximum absolute atomic E-state index is 12.8. The van der Waals surface area contributed by atoms with E-state index in [0.717, 1.165) is 35.5 Å². The molecule has 8 heteroatoms. The number of pyridine rings is 1. The van der Waals surface area contributed by atoms with Gasteiger partial charge in [0, 0.05) is 23.1 Å². The van der Waals surface area contributed by atoms with E-state index in [1.807, 2.05) is 36.6 Å². The molecule has 2 heterocycles. The number of amidine groups is 1. The van der Waals surface area contributed by atoms with Crippen LogP contribution < -0.4 is 11.1 Å². The van der Waals surface area contributed by atoms with Crippen molar-refractivity contribution in [1.82, 2.24) is 14.5 Å². The number of rotatable bonds is 6. The highest BCUT2D eigenvalue weighted by Crippen LogP contribution is 2.23. The highest BCUT2D eigenvalue weighted by atomic mass is 16.1. The molecule has 30 heavy (non-hydrogen) atoms. The van der Waals surface area contributed by atoms with Gasteiger partial charge in [0.05, 0.1) is 23.8 Å². The Morgan fingerprint density at radius 3 is 2.73 bits per heavy atom. The van der Waals surface area contributed by atoms with Crippen LogP contribution in [0.5, 0.6) is 0 Å². The molecule has 0 atom stereocenters. The van der Waals surface area contributed by atoms with Gasteiger partial charge in [-0.05, 0) is 57.0 Å². The topological polar surface area (TPSA) is 113 Å². The number of carbonyl (C=O) groups is 1. The molecule has 0 spiro atoms. The Balaban J connectivity index is 1.57. The van der Waals surface area contributed by atoms with Gasteiger partial charge in [-0.3, -0.25) is 9.78 Å². The summed E-state index contributed by atoms with van der Waals surface area (Å²) in [6.07, 6.45) is 6.67. The highest BCUT2D eigenvalue weighted by Gasteiger charge is 2.29. The summed E-state index contributed by atoms with van der Waals surface area (Å²) < 4.78 is 3.69. The Morgan fingerprint density at radius 2 is 2.07 bits per heavy atom. The molecule has 1 amide bonds. The first-order chi connectivity index (χ1) is 14.5. The number of hydrogen-bond donors (Lipinski definition) is 3. The molecule has 0 radical (unpaired) electrons. The number of benzene rings is 1. The van der Waals surface area contributed by atoms with Crippen LogP contribution in [-0.2, 0) is 0 Å². The molecule has 0 saturated heterocycles. The zero-order chi connectivity index (χ0) is 21.3. The lowest BCUT2D eigenvalue weighted by Crippen LogP contribution is -2.30. The molecule has 1 fully saturated rings. The van der Waals surface area contributed by atoms with Gasteiger partial charge in [-0.15, -0.1) is 0 Å². The maximum Gasteiger partial charge on any atom is 0.274 e. The van der Waals surface area contributed by atoms with Crippen LogP contribution in [0.15, 0.2) is 48.9 Å². The number of hydrogen-bond acceptors (Lipinski definition) is 4. The van der Waals surface area contributed by atoms with E-state index in [9.17, 15) is 4.79 Å². The summed E-state index contributed by atoms with van der Waals surface area (Å²) in [5.41, 5.74) is 10.7. The second-order valence-corrected chi connectivity index (χ2v) is 7.37. The van der Waals surface area contributed by atoms with Crippen molar-refractivity contribution >= 4 is 23.8 Å². The average molecular weight is 402 g/mol. The number of aromatic nitrogens is 3. The Bertz CT molecular complexity index is 1160. The standard InChI is InChI=1S/C22H23N7O/c1-14-15(2)29(13-26-14)19-8-9-25-20(11-19)22(30)27-17-5-3-4-16(10-17)21(24)28(12-23)18-6-7-18/h3-5,8-13,18,23-24H,6-7H2,1-2H3,(H,27,30)/p+1. The quantitative estimate of drug-likeness (QED) is 0.334. The van der Waals surface area contributed by atoms with Gasteiger partial charge >= 0.3 is 0 Å². The number of nitrogens with zero attached hydrogens (tertiary/aromatic N) is 4. The minimum atomic E-state index is -0.312. The molecule has 2 aromatic heterocycles. The van der Waals surface area contributed by atoms with E-state index in [1.54, 1.807) is 35.3 Å². The number of nitrogens with one attached hydrogen (secondary N) is 2. The second-order valence-electron chi connectivity index (χ2n) is 7.37. The van der Waals surface area contributed by atoms with Crippen molar-refractivity contribution in [3.8, 4) is 5.69 Å². The number of carbonyl (C=O) groups excluding carboxylic acids is 1. The lowest BCUT2D eigenvalue weighted by Gasteiger charge is -2.10. The lowest BCUT2D eigenvalue weighted by molar-refractivity contribution is -0.416. The number of aryl methyl sites for hydroxylation is 1. The maximum atomic E-state index is 12.8. The van der Waals surface area contributed by atoms with Crippen molar-refractivity contribution < 1.29 is 9.37 Å². The Kier molecular flexibility index (Phi) is 5.14. The molecule has 1 saturated carbocycles. The van der Waals surface area contributed by atoms with Gasteiger partial charge < -0.3 is 15.6 Å². The largest absolute Gasteiger partial charge is 0.321 e. The van der Waals surface area contributed by atoms with E-state index in [2.05, 4.69) is 15.3 Å². The minimum absolute atomic E-state index is 0.294. The molecular formula is C22H24N7O+. The SMILES string of the molecule is Cc1ncn(-c2ccnc(C(=O)Nc3cccc(C(N)=[N+](C=N)C4CC4)c3)c2)c1C. The minimum Gasteiger partial charge on any atom is -0.321 e. The van der Waals surface area contributed by atoms with Crippen LogP contribution in [0.1, 0.15) is 40.3 Å². The fourth-order valence-electron chi connectivity index (χ4n) is 3.28. The Labute approximate surface area is 174 Å². The first-order valence-corrected chi connectivity index (χ1v) is 9.78. The molecule has 1 aliphatic rings. The van der Waals surface area contributed by atoms with Gasteiger partial charge in [0.1, 0.15) is 5.69 Å². The van der Waals surface area contributed by atoms with Gasteiger partial charge in [0.2, 0.25) is 12.2 Å². The van der Waals surface area contributed by atoms with Crippen molar-refractivity contribution in [1.29, 1.82) is 5.41 Å². The van der Waals surface area contributed by atoms with Crippen molar-refractivity contribution in [3.63, 3.8) is 0 Å². The Hall–Kier alpha value is -3.81. The van der Waals surface area contributed by atoms with E-state index >= 15 is 0 Å². The van der Waals surface area contributed by atoms with E-state index in [4.69, 9.17) is 11.1 Å². The normalized spacial score (nSPS) is 14.2. The highest BCUT2D eigenvalue weighted by molar-refractivity contribution is 6.04. The number of amides is 1. The average Bonchev–Trinajstić information content (AvgIpc) is 3.54. The predicted molar refractivity (Wildman–Crippen MR) is 116 cm³/mol. The van der Waals surface area contributed by atoms with E-state index in [0.29, 0.717) is 23.3 Å². The zero-order valence-corrected chi connectivity index (χ0v) is 17.0. The first kappa shape index (κ1) is 19.5. The van der Waals surface area contributed by atoms with Crippen molar-refractivity contribution in [2.45, 2.75) is 32.7 Å². The van der Waals surface area contributed by atoms with E-state index in [1.165, 1.54) is 6.34 Å². The van der Waals surface area contributed by atoms with E-state index < -0.39 is 0 Å². The monoisotopic (exact) mass is 402 g/mol. The molecule has 1 aliphatic carbocycles. The van der Waals surface area contributed by atoms with Crippen LogP contribution in [0.3, 0.4) is 0 Å². The van der Waals surface area contributed by atoms with Gasteiger partial charge in [0.25, 0.3) is 5.91 Å². The Morgan fingerprint density at radius 1 is 1.27 bits per heavy atom. The van der Waals surface area contributed by atoms with Crippen LogP contribution >= 0.6 is 0 Å². The molecule has 0 bridgehead atoms. The third-order valence-electron chi connectivity index (χ3n) is 5.28. The molecule has 3 aromatic rings. The summed E-state index contributed by atoms with van der Waals surface area (Å²) in [6.45, 7) is 3.92. The summed E-state index contributed by atoms with van der Waals surface area (Å²) in [4.78, 5) is 21.3. The number of imidazole rings is 1. The molecule has 4 rings (SSSR count). The summed E-state index contributed by atoms with van der Waals surface area (Å²) in [5.74, 6) is 0.197. The third-order valence-corrected chi connectivity index (χ3v) is 5.28. The van der Waals surface area contributed by atoms with Gasteiger partial charge in [-0.2, -0.15) is 5.41 Å². The molecule has 0 unspecified atom stereocenters. The van der Waals surface area contributed by atoms with Crippen LogP contribution in [0, 0.1) is 19.3 Å². The number of anilines is 1.